The van der Waals surface area contributed by atoms with Gasteiger partial charge in [-0.15, -0.1) is 0 Å². The topological polar surface area (TPSA) is 87.7 Å². The van der Waals surface area contributed by atoms with Crippen LogP contribution in [0.15, 0.2) is 30.3 Å². The van der Waals surface area contributed by atoms with E-state index < -0.39 is 16.2 Å². The van der Waals surface area contributed by atoms with E-state index in [1.807, 2.05) is 18.2 Å². The summed E-state index contributed by atoms with van der Waals surface area (Å²) >= 11 is 0. The van der Waals surface area contributed by atoms with Gasteiger partial charge in [0.25, 0.3) is 10.2 Å². The summed E-state index contributed by atoms with van der Waals surface area (Å²) < 4.78 is 32.9. The molecule has 1 aliphatic heterocycles. The number of esters is 1. The van der Waals surface area contributed by atoms with Gasteiger partial charge in [0.1, 0.15) is 6.54 Å². The van der Waals surface area contributed by atoms with E-state index in [0.717, 1.165) is 32.5 Å². The largest absolute Gasteiger partial charge is 0.468 e. The van der Waals surface area contributed by atoms with Crippen molar-refractivity contribution < 1.29 is 17.9 Å². The predicted molar refractivity (Wildman–Crippen MR) is 86.8 cm³/mol. The molecule has 0 bridgehead atoms. The third-order valence-electron chi connectivity index (χ3n) is 3.79. The van der Waals surface area contributed by atoms with Crippen molar-refractivity contribution in [3.63, 3.8) is 0 Å². The van der Waals surface area contributed by atoms with Crippen molar-refractivity contribution in [1.29, 1.82) is 0 Å². The molecule has 0 aromatic heterocycles. The molecule has 1 aromatic carbocycles. The number of hydrogen-bond acceptors (Lipinski definition) is 5. The van der Waals surface area contributed by atoms with E-state index in [2.05, 4.69) is 31.2 Å². The summed E-state index contributed by atoms with van der Waals surface area (Å²) in [7, 11) is -2.47. The van der Waals surface area contributed by atoms with Crippen molar-refractivity contribution in [3.05, 3.63) is 35.9 Å². The molecule has 23 heavy (non-hydrogen) atoms. The van der Waals surface area contributed by atoms with Crippen molar-refractivity contribution in [1.82, 2.24) is 14.3 Å². The summed E-state index contributed by atoms with van der Waals surface area (Å²) in [6.07, 6.45) is 1.48. The molecule has 1 saturated heterocycles. The van der Waals surface area contributed by atoms with Gasteiger partial charge in [0, 0.05) is 25.7 Å². The molecule has 128 valence electrons. The van der Waals surface area contributed by atoms with E-state index >= 15 is 0 Å². The lowest BCUT2D eigenvalue weighted by atomic mass is 10.1. The normalized spacial score (nSPS) is 17.1. The fraction of sp³-hybridized carbons (Fsp3) is 0.533. The number of carbonyl (C=O) groups is 1. The monoisotopic (exact) mass is 341 g/mol. The van der Waals surface area contributed by atoms with Crippen molar-refractivity contribution >= 4 is 16.2 Å². The Morgan fingerprint density at radius 3 is 2.52 bits per heavy atom. The first kappa shape index (κ1) is 17.9. The molecule has 2 rings (SSSR count). The van der Waals surface area contributed by atoms with Gasteiger partial charge >= 0.3 is 5.97 Å². The molecule has 1 aromatic rings. The summed E-state index contributed by atoms with van der Waals surface area (Å²) in [5.74, 6) is -0.618. The Balaban J connectivity index is 1.75. The van der Waals surface area contributed by atoms with Gasteiger partial charge in [-0.3, -0.25) is 9.69 Å². The molecule has 1 fully saturated rings. The smallest absolute Gasteiger partial charge is 0.320 e. The van der Waals surface area contributed by atoms with Crippen molar-refractivity contribution in [2.45, 2.75) is 25.4 Å². The highest BCUT2D eigenvalue weighted by Crippen LogP contribution is 2.14. The summed E-state index contributed by atoms with van der Waals surface area (Å²) in [6, 6.07) is 10.1. The highest BCUT2D eigenvalue weighted by molar-refractivity contribution is 7.87. The number of nitrogens with one attached hydrogen (secondary N) is 2. The molecule has 0 unspecified atom stereocenters. The molecule has 0 aliphatic carbocycles. The van der Waals surface area contributed by atoms with Crippen molar-refractivity contribution in [2.24, 2.45) is 0 Å². The van der Waals surface area contributed by atoms with E-state index in [4.69, 9.17) is 0 Å². The zero-order chi connectivity index (χ0) is 16.7. The summed E-state index contributed by atoms with van der Waals surface area (Å²) in [6.45, 7) is 2.18. The van der Waals surface area contributed by atoms with Gasteiger partial charge in [-0.1, -0.05) is 30.3 Å². The minimum Gasteiger partial charge on any atom is -0.468 e. The molecule has 0 radical (unpaired) electrons. The highest BCUT2D eigenvalue weighted by Gasteiger charge is 2.23. The Morgan fingerprint density at radius 2 is 1.91 bits per heavy atom. The molecular weight excluding hydrogens is 318 g/mol. The lowest BCUT2D eigenvalue weighted by Gasteiger charge is -2.32. The van der Waals surface area contributed by atoms with Crippen molar-refractivity contribution in [2.75, 3.05) is 26.7 Å². The summed E-state index contributed by atoms with van der Waals surface area (Å²) in [4.78, 5) is 13.3. The van der Waals surface area contributed by atoms with Crippen LogP contribution in [0.3, 0.4) is 0 Å². The van der Waals surface area contributed by atoms with E-state index in [-0.39, 0.29) is 12.6 Å². The van der Waals surface area contributed by atoms with Gasteiger partial charge < -0.3 is 4.74 Å². The maximum atomic E-state index is 11.8. The average Bonchev–Trinajstić information content (AvgIpc) is 2.55. The number of benzene rings is 1. The Bertz CT molecular complexity index is 598. The third kappa shape index (κ3) is 6.26. The van der Waals surface area contributed by atoms with Crippen LogP contribution in [0.5, 0.6) is 0 Å². The zero-order valence-corrected chi connectivity index (χ0v) is 14.0. The Hall–Kier alpha value is -1.48. The molecule has 0 amide bonds. The second-order valence-corrected chi connectivity index (χ2v) is 7.09. The van der Waals surface area contributed by atoms with E-state index in [9.17, 15) is 13.2 Å². The van der Waals surface area contributed by atoms with Crippen LogP contribution in [0.4, 0.5) is 0 Å². The first-order chi connectivity index (χ1) is 11.0. The highest BCUT2D eigenvalue weighted by atomic mass is 32.2. The van der Waals surface area contributed by atoms with Gasteiger partial charge in [-0.2, -0.15) is 17.9 Å². The number of likely N-dealkylation sites (tertiary alicyclic amines) is 1. The average molecular weight is 341 g/mol. The Labute approximate surface area is 137 Å². The minimum atomic E-state index is -3.68. The maximum Gasteiger partial charge on any atom is 0.320 e. The predicted octanol–water partition coefficient (Wildman–Crippen LogP) is 0.248. The van der Waals surface area contributed by atoms with Crippen LogP contribution in [0.1, 0.15) is 18.4 Å². The standard InChI is InChI=1S/C15H23N3O4S/c1-22-15(19)11-16-23(20,21)17-14-7-9-18(10-8-14)12-13-5-3-2-4-6-13/h2-6,14,16-17H,7-12H2,1H3. The van der Waals surface area contributed by atoms with Gasteiger partial charge in [0.2, 0.25) is 0 Å². The second kappa shape index (κ2) is 8.39. The lowest BCUT2D eigenvalue weighted by molar-refractivity contribution is -0.139. The number of hydrogen-bond donors (Lipinski definition) is 2. The number of ether oxygens (including phenoxy) is 1. The van der Waals surface area contributed by atoms with Gasteiger partial charge in [0.05, 0.1) is 7.11 Å². The zero-order valence-electron chi connectivity index (χ0n) is 13.2. The number of rotatable bonds is 7. The number of methoxy groups -OCH3 is 1. The van der Waals surface area contributed by atoms with Crippen LogP contribution in [0.25, 0.3) is 0 Å². The fourth-order valence-corrected chi connectivity index (χ4v) is 3.60. The summed E-state index contributed by atoms with van der Waals surface area (Å²) in [5, 5.41) is 0. The minimum absolute atomic E-state index is 0.114. The molecule has 1 heterocycles. The van der Waals surface area contributed by atoms with Gasteiger partial charge in [0.15, 0.2) is 0 Å². The molecule has 2 N–H and O–H groups in total. The molecule has 1 aliphatic rings. The molecule has 0 spiro atoms. The van der Waals surface area contributed by atoms with Crippen LogP contribution in [0.2, 0.25) is 0 Å². The van der Waals surface area contributed by atoms with Gasteiger partial charge in [-0.25, -0.2) is 0 Å². The lowest BCUT2D eigenvalue weighted by Crippen LogP contribution is -2.48. The van der Waals surface area contributed by atoms with E-state index in [0.29, 0.717) is 0 Å². The van der Waals surface area contributed by atoms with Crippen LogP contribution >= 0.6 is 0 Å². The number of nitrogens with zero attached hydrogens (tertiary/aromatic N) is 1. The molecule has 8 heteroatoms. The quantitative estimate of drug-likeness (QED) is 0.694. The molecule has 7 nitrogen and oxygen atoms in total. The Kier molecular flexibility index (Phi) is 6.52. The summed E-state index contributed by atoms with van der Waals surface area (Å²) in [5.41, 5.74) is 1.26. The van der Waals surface area contributed by atoms with Crippen molar-refractivity contribution in [3.8, 4) is 0 Å². The number of piperidine rings is 1. The number of carbonyl (C=O) groups excluding carboxylic acids is 1. The van der Waals surface area contributed by atoms with E-state index in [1.54, 1.807) is 0 Å². The molecular formula is C15H23N3O4S. The molecule has 0 saturated carbocycles. The maximum absolute atomic E-state index is 11.8. The third-order valence-corrected chi connectivity index (χ3v) is 4.96. The second-order valence-electron chi connectivity index (χ2n) is 5.55. The fourth-order valence-electron chi connectivity index (χ4n) is 2.54. The van der Waals surface area contributed by atoms with Crippen LogP contribution in [0, 0.1) is 0 Å². The van der Waals surface area contributed by atoms with Crippen LogP contribution in [-0.2, 0) is 26.3 Å². The van der Waals surface area contributed by atoms with E-state index in [1.165, 1.54) is 12.7 Å². The SMILES string of the molecule is COC(=O)CNS(=O)(=O)NC1CCN(Cc2ccccc2)CC1. The molecule has 0 atom stereocenters. The first-order valence-electron chi connectivity index (χ1n) is 7.58. The van der Waals surface area contributed by atoms with Crippen LogP contribution < -0.4 is 9.44 Å². The van der Waals surface area contributed by atoms with Crippen LogP contribution in [-0.4, -0.2) is 52.1 Å². The van der Waals surface area contributed by atoms with Gasteiger partial charge in [-0.05, 0) is 18.4 Å². The first-order valence-corrected chi connectivity index (χ1v) is 9.07. The Morgan fingerprint density at radius 1 is 1.26 bits per heavy atom.